The summed E-state index contributed by atoms with van der Waals surface area (Å²) in [6, 6.07) is 8.62. The van der Waals surface area contributed by atoms with Crippen molar-refractivity contribution >= 4 is 39.9 Å². The molecular weight excluding hydrogens is 364 g/mol. The first-order chi connectivity index (χ1) is 10.3. The quantitative estimate of drug-likeness (QED) is 0.809. The molecular formula is C16H21BrN2O2S. The maximum absolute atomic E-state index is 11.4. The smallest absolute Gasteiger partial charge is 0.337 e. The summed E-state index contributed by atoms with van der Waals surface area (Å²) >= 11 is 1.75. The molecule has 2 aliphatic rings. The van der Waals surface area contributed by atoms with Gasteiger partial charge in [-0.2, -0.15) is 0 Å². The van der Waals surface area contributed by atoms with Gasteiger partial charge in [0.2, 0.25) is 0 Å². The second-order valence-electron chi connectivity index (χ2n) is 5.51. The molecule has 4 nitrogen and oxygen atoms in total. The van der Waals surface area contributed by atoms with Crippen LogP contribution in [-0.2, 0) is 10.5 Å². The topological polar surface area (TPSA) is 50.7 Å². The molecule has 2 atom stereocenters. The zero-order valence-corrected chi connectivity index (χ0v) is 15.1. The van der Waals surface area contributed by atoms with Crippen LogP contribution in [0, 0.1) is 0 Å². The summed E-state index contributed by atoms with van der Waals surface area (Å²) in [7, 11) is 1.40. The van der Waals surface area contributed by atoms with E-state index in [0.29, 0.717) is 17.6 Å². The highest BCUT2D eigenvalue weighted by molar-refractivity contribution is 8.93. The highest BCUT2D eigenvalue weighted by Crippen LogP contribution is 2.28. The van der Waals surface area contributed by atoms with Crippen molar-refractivity contribution in [2.24, 2.45) is 4.99 Å². The molecule has 0 radical (unpaired) electrons. The molecule has 120 valence electrons. The van der Waals surface area contributed by atoms with Gasteiger partial charge in [0.25, 0.3) is 0 Å². The average molecular weight is 385 g/mol. The summed E-state index contributed by atoms with van der Waals surface area (Å²) in [6.07, 6.45) is 5.08. The number of methoxy groups -OCH3 is 1. The number of thioether (sulfide) groups is 1. The minimum atomic E-state index is -0.292. The zero-order valence-electron chi connectivity index (χ0n) is 12.6. The fourth-order valence-electron chi connectivity index (χ4n) is 2.87. The Morgan fingerprint density at radius 2 is 2.05 bits per heavy atom. The molecule has 1 saturated carbocycles. The molecule has 1 aromatic carbocycles. The molecule has 22 heavy (non-hydrogen) atoms. The van der Waals surface area contributed by atoms with Crippen LogP contribution in [0.3, 0.4) is 0 Å². The molecule has 1 aromatic rings. The second kappa shape index (κ2) is 8.02. The van der Waals surface area contributed by atoms with Crippen molar-refractivity contribution in [3.05, 3.63) is 35.4 Å². The number of ether oxygens (including phenoxy) is 1. The van der Waals surface area contributed by atoms with E-state index < -0.39 is 0 Å². The standard InChI is InChI=1S/C16H20N2O2S.BrH/c1-20-15(19)12-8-6-11(7-9-12)10-21-16-17-13-4-2-3-5-14(13)18-16;/h6-9,13-14H,2-5,10H2,1H3,(H,17,18);1H. The SMILES string of the molecule is Br.COC(=O)c1ccc(CSC2=NC3CCCCC3N2)cc1. The number of hydrogen-bond acceptors (Lipinski definition) is 5. The van der Waals surface area contributed by atoms with Crippen molar-refractivity contribution in [2.45, 2.75) is 43.5 Å². The van der Waals surface area contributed by atoms with Crippen LogP contribution >= 0.6 is 28.7 Å². The Hall–Kier alpha value is -1.01. The number of hydrogen-bond donors (Lipinski definition) is 1. The van der Waals surface area contributed by atoms with E-state index in [9.17, 15) is 4.79 Å². The molecule has 1 aliphatic carbocycles. The Kier molecular flexibility index (Phi) is 6.32. The fourth-order valence-corrected chi connectivity index (χ4v) is 3.81. The summed E-state index contributed by atoms with van der Waals surface area (Å²) in [6.45, 7) is 0. The van der Waals surface area contributed by atoms with Crippen LogP contribution in [-0.4, -0.2) is 30.3 Å². The van der Waals surface area contributed by atoms with Crippen molar-refractivity contribution in [3.8, 4) is 0 Å². The molecule has 0 spiro atoms. The lowest BCUT2D eigenvalue weighted by molar-refractivity contribution is 0.0600. The summed E-state index contributed by atoms with van der Waals surface area (Å²) in [5.41, 5.74) is 1.78. The van der Waals surface area contributed by atoms with Crippen LogP contribution < -0.4 is 5.32 Å². The Labute approximate surface area is 145 Å². The van der Waals surface area contributed by atoms with E-state index in [4.69, 9.17) is 9.73 Å². The van der Waals surface area contributed by atoms with Crippen LogP contribution in [0.2, 0.25) is 0 Å². The largest absolute Gasteiger partial charge is 0.465 e. The third-order valence-corrected chi connectivity index (χ3v) is 5.05. The molecule has 2 unspecified atom stereocenters. The van der Waals surface area contributed by atoms with Gasteiger partial charge in [0.05, 0.1) is 24.8 Å². The number of carbonyl (C=O) groups is 1. The first kappa shape index (κ1) is 17.3. The lowest BCUT2D eigenvalue weighted by Gasteiger charge is -2.23. The summed E-state index contributed by atoms with van der Waals surface area (Å²) in [4.78, 5) is 16.2. The molecule has 0 amide bonds. The number of amidine groups is 1. The number of benzene rings is 1. The molecule has 3 rings (SSSR count). The molecule has 0 bridgehead atoms. The number of nitrogens with zero attached hydrogens (tertiary/aromatic N) is 1. The molecule has 1 aliphatic heterocycles. The first-order valence-corrected chi connectivity index (χ1v) is 8.39. The number of fused-ring (bicyclic) bond motifs is 1. The number of carbonyl (C=O) groups excluding carboxylic acids is 1. The zero-order chi connectivity index (χ0) is 14.7. The maximum Gasteiger partial charge on any atom is 0.337 e. The highest BCUT2D eigenvalue weighted by Gasteiger charge is 2.30. The van der Waals surface area contributed by atoms with E-state index in [1.165, 1.54) is 38.4 Å². The third kappa shape index (κ3) is 4.04. The van der Waals surface area contributed by atoms with Gasteiger partial charge in [-0.05, 0) is 30.5 Å². The van der Waals surface area contributed by atoms with Gasteiger partial charge in [-0.15, -0.1) is 17.0 Å². The first-order valence-electron chi connectivity index (χ1n) is 7.40. The van der Waals surface area contributed by atoms with Gasteiger partial charge in [0.1, 0.15) is 0 Å². The van der Waals surface area contributed by atoms with Crippen molar-refractivity contribution in [3.63, 3.8) is 0 Å². The molecule has 1 heterocycles. The number of rotatable bonds is 3. The van der Waals surface area contributed by atoms with Crippen LogP contribution in [0.4, 0.5) is 0 Å². The van der Waals surface area contributed by atoms with E-state index in [2.05, 4.69) is 5.32 Å². The third-order valence-electron chi connectivity index (χ3n) is 4.07. The lowest BCUT2D eigenvalue weighted by atomic mass is 9.92. The van der Waals surface area contributed by atoms with E-state index in [1.807, 2.05) is 24.3 Å². The minimum Gasteiger partial charge on any atom is -0.465 e. The number of nitrogens with one attached hydrogen (secondary N) is 1. The Morgan fingerprint density at radius 1 is 1.32 bits per heavy atom. The van der Waals surface area contributed by atoms with Crippen molar-refractivity contribution in [1.82, 2.24) is 5.32 Å². The van der Waals surface area contributed by atoms with Crippen LogP contribution in [0.15, 0.2) is 29.3 Å². The van der Waals surface area contributed by atoms with Crippen LogP contribution in [0.5, 0.6) is 0 Å². The molecule has 0 aromatic heterocycles. The summed E-state index contributed by atoms with van der Waals surface area (Å²) < 4.78 is 4.70. The number of aliphatic imine (C=N–C) groups is 1. The van der Waals surface area contributed by atoms with Gasteiger partial charge in [-0.1, -0.05) is 36.7 Å². The predicted octanol–water partition coefficient (Wildman–Crippen LogP) is 3.55. The van der Waals surface area contributed by atoms with Crippen LogP contribution in [0.1, 0.15) is 41.6 Å². The summed E-state index contributed by atoms with van der Waals surface area (Å²) in [5, 5.41) is 4.61. The van der Waals surface area contributed by atoms with Crippen molar-refractivity contribution in [1.29, 1.82) is 0 Å². The second-order valence-corrected chi connectivity index (χ2v) is 6.48. The van der Waals surface area contributed by atoms with Gasteiger partial charge >= 0.3 is 5.97 Å². The monoisotopic (exact) mass is 384 g/mol. The molecule has 1 fully saturated rings. The van der Waals surface area contributed by atoms with Gasteiger partial charge < -0.3 is 10.1 Å². The molecule has 0 saturated heterocycles. The van der Waals surface area contributed by atoms with E-state index >= 15 is 0 Å². The van der Waals surface area contributed by atoms with E-state index in [0.717, 1.165) is 10.9 Å². The normalized spacial score (nSPS) is 22.9. The Balaban J connectivity index is 0.00000176. The van der Waals surface area contributed by atoms with E-state index in [-0.39, 0.29) is 23.0 Å². The average Bonchev–Trinajstić information content (AvgIpc) is 2.95. The predicted molar refractivity (Wildman–Crippen MR) is 96.0 cm³/mol. The number of halogens is 1. The Bertz CT molecular complexity index is 548. The molecule has 1 N–H and O–H groups in total. The lowest BCUT2D eigenvalue weighted by Crippen LogP contribution is -2.36. The number of esters is 1. The highest BCUT2D eigenvalue weighted by atomic mass is 79.9. The van der Waals surface area contributed by atoms with Gasteiger partial charge in [-0.3, -0.25) is 4.99 Å². The van der Waals surface area contributed by atoms with Crippen molar-refractivity contribution < 1.29 is 9.53 Å². The van der Waals surface area contributed by atoms with E-state index in [1.54, 1.807) is 11.8 Å². The van der Waals surface area contributed by atoms with Gasteiger partial charge in [-0.25, -0.2) is 4.79 Å². The van der Waals surface area contributed by atoms with Crippen LogP contribution in [0.25, 0.3) is 0 Å². The molecule has 6 heteroatoms. The van der Waals surface area contributed by atoms with Crippen molar-refractivity contribution in [2.75, 3.05) is 7.11 Å². The minimum absolute atomic E-state index is 0. The fraction of sp³-hybridized carbons (Fsp3) is 0.500. The summed E-state index contributed by atoms with van der Waals surface area (Å²) in [5.74, 6) is 0.576. The Morgan fingerprint density at radius 3 is 2.73 bits per heavy atom. The maximum atomic E-state index is 11.4. The van der Waals surface area contributed by atoms with Gasteiger partial charge in [0.15, 0.2) is 5.17 Å². The van der Waals surface area contributed by atoms with Gasteiger partial charge in [0, 0.05) is 5.75 Å².